The van der Waals surface area contributed by atoms with Crippen LogP contribution in [0.5, 0.6) is 0 Å². The molecule has 0 bridgehead atoms. The Kier molecular flexibility index (Phi) is 5.35. The van der Waals surface area contributed by atoms with E-state index >= 15 is 0 Å². The summed E-state index contributed by atoms with van der Waals surface area (Å²) in [4.78, 5) is 16.5. The number of fused-ring (bicyclic) bond motifs is 4. The third kappa shape index (κ3) is 4.10. The van der Waals surface area contributed by atoms with E-state index in [0.29, 0.717) is 0 Å². The number of nitrogens with zero attached hydrogens (tertiary/aromatic N) is 6. The molecule has 0 radical (unpaired) electrons. The fraction of sp³-hybridized carbons (Fsp3) is 0. The van der Waals surface area contributed by atoms with E-state index in [4.69, 9.17) is 9.97 Å². The van der Waals surface area contributed by atoms with Crippen molar-refractivity contribution in [1.29, 1.82) is 0 Å². The molecule has 0 aliphatic rings. The van der Waals surface area contributed by atoms with E-state index in [-0.39, 0.29) is 0 Å². The molecule has 0 aliphatic carbocycles. The van der Waals surface area contributed by atoms with Crippen LogP contribution in [0.15, 0.2) is 134 Å². The van der Waals surface area contributed by atoms with Crippen molar-refractivity contribution < 1.29 is 0 Å². The van der Waals surface area contributed by atoms with Crippen LogP contribution < -0.4 is 0 Å². The third-order valence-electron chi connectivity index (χ3n) is 7.33. The molecule has 192 valence electrons. The predicted molar refractivity (Wildman–Crippen MR) is 164 cm³/mol. The smallest absolute Gasteiger partial charge is 0.113 e. The lowest BCUT2D eigenvalue weighted by Crippen LogP contribution is -1.98. The van der Waals surface area contributed by atoms with Crippen molar-refractivity contribution in [3.63, 3.8) is 0 Å². The lowest BCUT2D eigenvalue weighted by atomic mass is 9.96. The summed E-state index contributed by atoms with van der Waals surface area (Å²) in [6, 6.07) is 42.9. The van der Waals surface area contributed by atoms with Crippen LogP contribution >= 0.6 is 0 Å². The van der Waals surface area contributed by atoms with Gasteiger partial charge < -0.3 is 0 Å². The van der Waals surface area contributed by atoms with Gasteiger partial charge in [-0.25, -0.2) is 9.97 Å². The van der Waals surface area contributed by atoms with E-state index in [0.717, 1.165) is 72.3 Å². The Balaban J connectivity index is 1.30. The Labute approximate surface area is 235 Å². The molecular formula is C35H22N6. The summed E-state index contributed by atoms with van der Waals surface area (Å²) in [5.74, 6) is 0. The second-order valence-electron chi connectivity index (χ2n) is 9.89. The second-order valence-corrected chi connectivity index (χ2v) is 9.89. The highest BCUT2D eigenvalue weighted by molar-refractivity contribution is 6.11. The van der Waals surface area contributed by atoms with Crippen molar-refractivity contribution in [3.8, 4) is 39.5 Å². The Bertz CT molecular complexity index is 2150. The average molecular weight is 527 g/mol. The van der Waals surface area contributed by atoms with Gasteiger partial charge in [0.2, 0.25) is 0 Å². The van der Waals surface area contributed by atoms with Crippen LogP contribution in [0.4, 0.5) is 0 Å². The molecule has 4 heterocycles. The van der Waals surface area contributed by atoms with Crippen LogP contribution in [0.1, 0.15) is 0 Å². The number of rotatable bonds is 4. The number of benzene rings is 4. The average Bonchev–Trinajstić information content (AvgIpc) is 3.49. The van der Waals surface area contributed by atoms with E-state index in [1.54, 1.807) is 11.0 Å². The highest BCUT2D eigenvalue weighted by Crippen LogP contribution is 2.36. The Hall–Kier alpha value is -5.75. The fourth-order valence-corrected chi connectivity index (χ4v) is 5.28. The van der Waals surface area contributed by atoms with Crippen molar-refractivity contribution in [1.82, 2.24) is 29.9 Å². The van der Waals surface area contributed by atoms with Crippen molar-refractivity contribution >= 4 is 32.8 Å². The maximum Gasteiger partial charge on any atom is 0.113 e. The Morgan fingerprint density at radius 1 is 0.488 bits per heavy atom. The van der Waals surface area contributed by atoms with Crippen LogP contribution in [0, 0.1) is 0 Å². The minimum atomic E-state index is 0.822. The summed E-state index contributed by atoms with van der Waals surface area (Å²) in [5.41, 5.74) is 10.2. The number of hydrogen-bond donors (Lipinski definition) is 0. The first-order valence-corrected chi connectivity index (χ1v) is 13.4. The van der Waals surface area contributed by atoms with E-state index in [1.165, 1.54) is 0 Å². The SMILES string of the molecule is c1ccc(-c2ccc3c(-c4ccc(-n5nc6ccccc6n5)cc4)cc4ccc(-c5ccccn5)nc4c3n2)cc1. The second kappa shape index (κ2) is 9.47. The van der Waals surface area contributed by atoms with Gasteiger partial charge in [0.1, 0.15) is 11.0 Å². The molecule has 0 aliphatic heterocycles. The summed E-state index contributed by atoms with van der Waals surface area (Å²) < 4.78 is 0. The molecule has 8 rings (SSSR count). The number of hydrogen-bond acceptors (Lipinski definition) is 5. The summed E-state index contributed by atoms with van der Waals surface area (Å²) in [6.07, 6.45) is 1.79. The molecule has 0 atom stereocenters. The third-order valence-corrected chi connectivity index (χ3v) is 7.33. The first-order chi connectivity index (χ1) is 20.3. The van der Waals surface area contributed by atoms with Crippen molar-refractivity contribution in [3.05, 3.63) is 134 Å². The Morgan fingerprint density at radius 2 is 1.20 bits per heavy atom. The molecule has 41 heavy (non-hydrogen) atoms. The van der Waals surface area contributed by atoms with E-state index < -0.39 is 0 Å². The van der Waals surface area contributed by atoms with Gasteiger partial charge in [-0.05, 0) is 71.8 Å². The first-order valence-electron chi connectivity index (χ1n) is 13.4. The molecular weight excluding hydrogens is 504 g/mol. The molecule has 0 N–H and O–H groups in total. The van der Waals surface area contributed by atoms with Gasteiger partial charge in [-0.1, -0.05) is 66.7 Å². The quantitative estimate of drug-likeness (QED) is 0.218. The molecule has 6 nitrogen and oxygen atoms in total. The standard InChI is InChI=1S/C35H22N6/c1-2-8-24(9-3-1)29-20-18-27-28(23-13-16-26(17-14-23)41-39-32-11-4-5-12-33(32)40-41)22-25-15-19-31(30-10-6-7-21-36-30)38-34(25)35(27)37-29/h1-22H. The van der Waals surface area contributed by atoms with Gasteiger partial charge in [0.15, 0.2) is 0 Å². The van der Waals surface area contributed by atoms with Crippen LogP contribution in [-0.2, 0) is 0 Å². The number of aromatic nitrogens is 6. The van der Waals surface area contributed by atoms with Gasteiger partial charge in [0, 0.05) is 22.5 Å². The normalized spacial score (nSPS) is 11.4. The van der Waals surface area contributed by atoms with E-state index in [2.05, 4.69) is 75.8 Å². The van der Waals surface area contributed by atoms with Gasteiger partial charge in [-0.2, -0.15) is 4.80 Å². The van der Waals surface area contributed by atoms with Gasteiger partial charge in [0.25, 0.3) is 0 Å². The number of pyridine rings is 3. The van der Waals surface area contributed by atoms with Crippen molar-refractivity contribution in [2.75, 3.05) is 0 Å². The largest absolute Gasteiger partial charge is 0.255 e. The molecule has 8 aromatic rings. The zero-order valence-electron chi connectivity index (χ0n) is 21.9. The van der Waals surface area contributed by atoms with Gasteiger partial charge in [0.05, 0.1) is 33.8 Å². The monoisotopic (exact) mass is 526 g/mol. The van der Waals surface area contributed by atoms with Crippen molar-refractivity contribution in [2.24, 2.45) is 0 Å². The molecule has 0 saturated carbocycles. The first kappa shape index (κ1) is 23.2. The van der Waals surface area contributed by atoms with Gasteiger partial charge in [-0.15, -0.1) is 10.2 Å². The minimum absolute atomic E-state index is 0.822. The van der Waals surface area contributed by atoms with Gasteiger partial charge >= 0.3 is 0 Å². The molecule has 0 spiro atoms. The zero-order chi connectivity index (χ0) is 27.2. The van der Waals surface area contributed by atoms with E-state index in [1.807, 2.05) is 66.7 Å². The molecule has 0 amide bonds. The van der Waals surface area contributed by atoms with Crippen molar-refractivity contribution in [2.45, 2.75) is 0 Å². The fourth-order valence-electron chi connectivity index (χ4n) is 5.28. The zero-order valence-corrected chi connectivity index (χ0v) is 21.9. The summed E-state index contributed by atoms with van der Waals surface area (Å²) in [6.45, 7) is 0. The molecule has 6 heteroatoms. The summed E-state index contributed by atoms with van der Waals surface area (Å²) in [5, 5.41) is 11.3. The molecule has 4 aromatic heterocycles. The van der Waals surface area contributed by atoms with Crippen LogP contribution in [0.3, 0.4) is 0 Å². The minimum Gasteiger partial charge on any atom is -0.255 e. The summed E-state index contributed by atoms with van der Waals surface area (Å²) in [7, 11) is 0. The predicted octanol–water partition coefficient (Wildman–Crippen LogP) is 7.91. The highest BCUT2D eigenvalue weighted by atomic mass is 15.5. The van der Waals surface area contributed by atoms with E-state index in [9.17, 15) is 0 Å². The maximum atomic E-state index is 5.18. The Morgan fingerprint density at radius 3 is 1.95 bits per heavy atom. The molecule has 0 fully saturated rings. The van der Waals surface area contributed by atoms with Gasteiger partial charge in [-0.3, -0.25) is 4.98 Å². The highest BCUT2D eigenvalue weighted by Gasteiger charge is 2.14. The molecule has 0 unspecified atom stereocenters. The topological polar surface area (TPSA) is 69.4 Å². The molecule has 4 aromatic carbocycles. The summed E-state index contributed by atoms with van der Waals surface area (Å²) >= 11 is 0. The van der Waals surface area contributed by atoms with Crippen LogP contribution in [-0.4, -0.2) is 29.9 Å². The molecule has 0 saturated heterocycles. The lowest BCUT2D eigenvalue weighted by molar-refractivity contribution is 0.766. The lowest BCUT2D eigenvalue weighted by Gasteiger charge is -2.13. The van der Waals surface area contributed by atoms with Crippen LogP contribution in [0.25, 0.3) is 72.3 Å². The maximum absolute atomic E-state index is 5.18. The van der Waals surface area contributed by atoms with Crippen LogP contribution in [0.2, 0.25) is 0 Å².